The third-order valence-corrected chi connectivity index (χ3v) is 8.99. The Morgan fingerprint density at radius 3 is 2.51 bits per heavy atom. The molecule has 0 saturated heterocycles. The Morgan fingerprint density at radius 1 is 1.10 bits per heavy atom. The van der Waals surface area contributed by atoms with Crippen molar-refractivity contribution in [2.75, 3.05) is 5.32 Å². The summed E-state index contributed by atoms with van der Waals surface area (Å²) >= 11 is 1.37. The minimum atomic E-state index is -4.58. The zero-order valence-corrected chi connectivity index (χ0v) is 22.0. The number of hydrogen-bond acceptors (Lipinski definition) is 8. The summed E-state index contributed by atoms with van der Waals surface area (Å²) < 4.78 is 39.0. The summed E-state index contributed by atoms with van der Waals surface area (Å²) in [6.45, 7) is 3.73. The van der Waals surface area contributed by atoms with Crippen molar-refractivity contribution in [3.8, 4) is 10.4 Å². The Labute approximate surface area is 226 Å². The second kappa shape index (κ2) is 9.83. The molecule has 3 aromatic heterocycles. The maximum absolute atomic E-state index is 13.0. The lowest BCUT2D eigenvalue weighted by atomic mass is 9.63. The largest absolute Gasteiger partial charge is 0.481 e. The van der Waals surface area contributed by atoms with E-state index in [9.17, 15) is 28.2 Å². The minimum absolute atomic E-state index is 0.180. The fourth-order valence-corrected chi connectivity index (χ4v) is 6.17. The third-order valence-electron chi connectivity index (χ3n) is 7.75. The lowest BCUT2D eigenvalue weighted by Crippen LogP contribution is -2.44. The van der Waals surface area contributed by atoms with Crippen LogP contribution in [0.2, 0.25) is 0 Å². The quantitative estimate of drug-likeness (QED) is 0.249. The van der Waals surface area contributed by atoms with Gasteiger partial charge in [0.05, 0.1) is 16.3 Å². The lowest BCUT2D eigenvalue weighted by Gasteiger charge is -2.45. The normalized spacial score (nSPS) is 21.4. The van der Waals surface area contributed by atoms with Crippen LogP contribution >= 0.6 is 11.3 Å². The van der Waals surface area contributed by atoms with Gasteiger partial charge in [0.1, 0.15) is 16.3 Å². The van der Waals surface area contributed by atoms with Crippen molar-refractivity contribution < 1.29 is 28.2 Å². The number of alkyl halides is 3. The number of rotatable bonds is 6. The van der Waals surface area contributed by atoms with Crippen LogP contribution in [0.5, 0.6) is 0 Å². The predicted octanol–water partition coefficient (Wildman–Crippen LogP) is 6.40. The average molecular weight is 558 g/mol. The molecule has 204 valence electrons. The summed E-state index contributed by atoms with van der Waals surface area (Å²) in [6.07, 6.45) is 1.99. The molecule has 0 bridgehead atoms. The fourth-order valence-electron chi connectivity index (χ4n) is 5.02. The van der Waals surface area contributed by atoms with Gasteiger partial charge in [0, 0.05) is 40.6 Å². The molecule has 0 radical (unpaired) electrons. The Morgan fingerprint density at radius 2 is 1.82 bits per heavy atom. The standard InChI is InChI=1S/C27H26F3N5O3S/c1-25(9-5-15(6-10-25)22(36)37)26(2,38)23-33-14-20(39-23)18-7-11-31-19-13-16(3-4-17(18)19)34-24-32-12-8-21(35-24)27(28,29)30/h3-4,7-8,11-15,38H,5-6,9-10H2,1-2H3,(H,36,37)(H,32,34,35)/t15?,25?,26-/m0/s1. The van der Waals surface area contributed by atoms with Gasteiger partial charge in [-0.15, -0.1) is 11.3 Å². The monoisotopic (exact) mass is 557 g/mol. The fraction of sp³-hybridized carbons (Fsp3) is 0.370. The molecule has 1 fully saturated rings. The lowest BCUT2D eigenvalue weighted by molar-refractivity contribution is -0.147. The summed E-state index contributed by atoms with van der Waals surface area (Å²) in [6, 6.07) is 7.86. The highest BCUT2D eigenvalue weighted by Gasteiger charge is 2.49. The number of hydrogen-bond donors (Lipinski definition) is 3. The van der Waals surface area contributed by atoms with Gasteiger partial charge in [0.25, 0.3) is 0 Å². The van der Waals surface area contributed by atoms with Crippen molar-refractivity contribution in [1.29, 1.82) is 0 Å². The van der Waals surface area contributed by atoms with E-state index in [0.29, 0.717) is 41.9 Å². The maximum atomic E-state index is 13.0. The van der Waals surface area contributed by atoms with Crippen molar-refractivity contribution in [2.24, 2.45) is 11.3 Å². The number of halogens is 3. The number of pyridine rings is 1. The summed E-state index contributed by atoms with van der Waals surface area (Å²) in [5.74, 6) is -1.36. The second-order valence-corrected chi connectivity index (χ2v) is 11.3. The molecule has 1 aromatic carbocycles. The molecule has 12 heteroatoms. The zero-order chi connectivity index (χ0) is 28.0. The van der Waals surface area contributed by atoms with Crippen LogP contribution in [0.1, 0.15) is 50.2 Å². The number of aromatic nitrogens is 4. The molecule has 1 atom stereocenters. The first-order valence-electron chi connectivity index (χ1n) is 12.4. The van der Waals surface area contributed by atoms with E-state index in [0.717, 1.165) is 28.1 Å². The molecule has 0 amide bonds. The number of aliphatic hydroxyl groups is 1. The smallest absolute Gasteiger partial charge is 0.433 e. The van der Waals surface area contributed by atoms with Gasteiger partial charge in [-0.25, -0.2) is 15.0 Å². The van der Waals surface area contributed by atoms with E-state index in [-0.39, 0.29) is 11.9 Å². The number of anilines is 2. The molecule has 3 heterocycles. The van der Waals surface area contributed by atoms with E-state index in [4.69, 9.17) is 0 Å². The Bertz CT molecular complexity index is 1530. The van der Waals surface area contributed by atoms with E-state index < -0.39 is 28.9 Å². The molecule has 8 nitrogen and oxygen atoms in total. The van der Waals surface area contributed by atoms with E-state index in [1.807, 2.05) is 13.0 Å². The molecule has 1 aliphatic carbocycles. The SMILES string of the molecule is CC1([C@@](C)(O)c2ncc(-c3ccnc4cc(Nc5nccc(C(F)(F)F)n5)ccc34)s2)CCC(C(=O)O)CC1. The third kappa shape index (κ3) is 5.18. The molecule has 0 aliphatic heterocycles. The van der Waals surface area contributed by atoms with E-state index in [1.54, 1.807) is 37.5 Å². The van der Waals surface area contributed by atoms with Crippen LogP contribution in [0.4, 0.5) is 24.8 Å². The number of nitrogens with zero attached hydrogens (tertiary/aromatic N) is 4. The molecule has 1 saturated carbocycles. The number of benzene rings is 1. The van der Waals surface area contributed by atoms with Crippen LogP contribution in [-0.2, 0) is 16.6 Å². The van der Waals surface area contributed by atoms with Crippen LogP contribution in [-0.4, -0.2) is 36.1 Å². The topological polar surface area (TPSA) is 121 Å². The van der Waals surface area contributed by atoms with Crippen molar-refractivity contribution in [1.82, 2.24) is 19.9 Å². The van der Waals surface area contributed by atoms with Crippen molar-refractivity contribution >= 4 is 39.8 Å². The highest BCUT2D eigenvalue weighted by molar-refractivity contribution is 7.15. The molecule has 4 aromatic rings. The van der Waals surface area contributed by atoms with Gasteiger partial charge in [-0.1, -0.05) is 13.0 Å². The van der Waals surface area contributed by atoms with Gasteiger partial charge in [-0.3, -0.25) is 9.78 Å². The molecular formula is C27H26F3N5O3S. The first kappa shape index (κ1) is 26.9. The number of carboxylic acid groups (broad SMARTS) is 1. The van der Waals surface area contributed by atoms with Crippen LogP contribution < -0.4 is 5.32 Å². The molecule has 0 unspecified atom stereocenters. The van der Waals surface area contributed by atoms with E-state index >= 15 is 0 Å². The number of carboxylic acids is 1. The Hall–Kier alpha value is -3.64. The van der Waals surface area contributed by atoms with Gasteiger partial charge in [0.15, 0.2) is 0 Å². The first-order valence-corrected chi connectivity index (χ1v) is 13.2. The molecule has 3 N–H and O–H groups in total. The van der Waals surface area contributed by atoms with E-state index in [1.165, 1.54) is 11.3 Å². The number of carbonyl (C=O) groups is 1. The van der Waals surface area contributed by atoms with E-state index in [2.05, 4.69) is 25.3 Å². The van der Waals surface area contributed by atoms with Gasteiger partial charge < -0.3 is 15.5 Å². The summed E-state index contributed by atoms with van der Waals surface area (Å²) in [7, 11) is 0. The van der Waals surface area contributed by atoms with Crippen molar-refractivity contribution in [2.45, 2.75) is 51.3 Å². The molecular weight excluding hydrogens is 531 g/mol. The summed E-state index contributed by atoms with van der Waals surface area (Å²) in [5, 5.41) is 25.1. The summed E-state index contributed by atoms with van der Waals surface area (Å²) in [4.78, 5) is 28.6. The van der Waals surface area contributed by atoms with Crippen molar-refractivity contribution in [3.63, 3.8) is 0 Å². The van der Waals surface area contributed by atoms with Gasteiger partial charge in [-0.2, -0.15) is 13.2 Å². The van der Waals surface area contributed by atoms with Gasteiger partial charge >= 0.3 is 12.1 Å². The second-order valence-electron chi connectivity index (χ2n) is 10.3. The Balaban J connectivity index is 1.40. The van der Waals surface area contributed by atoms with Gasteiger partial charge in [-0.05, 0) is 56.9 Å². The van der Waals surface area contributed by atoms with Crippen LogP contribution in [0, 0.1) is 11.3 Å². The maximum Gasteiger partial charge on any atom is 0.433 e. The minimum Gasteiger partial charge on any atom is -0.481 e. The number of thiazole rings is 1. The van der Waals surface area contributed by atoms with Gasteiger partial charge in [0.2, 0.25) is 5.95 Å². The molecule has 0 spiro atoms. The van der Waals surface area contributed by atoms with Crippen molar-refractivity contribution in [3.05, 3.63) is 59.6 Å². The number of aliphatic carboxylic acids is 1. The zero-order valence-electron chi connectivity index (χ0n) is 21.2. The first-order chi connectivity index (χ1) is 18.4. The van der Waals surface area contributed by atoms with Crippen LogP contribution in [0.25, 0.3) is 21.3 Å². The number of fused-ring (bicyclic) bond motifs is 1. The Kier molecular flexibility index (Phi) is 6.79. The average Bonchev–Trinajstić information content (AvgIpc) is 3.39. The van der Waals surface area contributed by atoms with Crippen LogP contribution in [0.3, 0.4) is 0 Å². The number of nitrogens with one attached hydrogen (secondary N) is 1. The molecule has 39 heavy (non-hydrogen) atoms. The highest BCUT2D eigenvalue weighted by atomic mass is 32.1. The summed E-state index contributed by atoms with van der Waals surface area (Å²) in [5.41, 5.74) is -0.873. The highest BCUT2D eigenvalue weighted by Crippen LogP contribution is 2.52. The predicted molar refractivity (Wildman–Crippen MR) is 140 cm³/mol. The van der Waals surface area contributed by atoms with Crippen LogP contribution in [0.15, 0.2) is 48.9 Å². The molecule has 5 rings (SSSR count). The molecule has 1 aliphatic rings.